The number of hydrogen-bond donors (Lipinski definition) is 1. The molecular weight excluding hydrogens is 388 g/mol. The lowest BCUT2D eigenvalue weighted by atomic mass is 9.78. The highest BCUT2D eigenvalue weighted by Crippen LogP contribution is 2.37. The maximum absolute atomic E-state index is 12.2. The maximum atomic E-state index is 12.2. The van der Waals surface area contributed by atoms with Crippen molar-refractivity contribution in [2.24, 2.45) is 0 Å². The van der Waals surface area contributed by atoms with Crippen LogP contribution in [0.3, 0.4) is 0 Å². The molecule has 0 bridgehead atoms. The van der Waals surface area contributed by atoms with Crippen LogP contribution in [0.1, 0.15) is 36.1 Å². The van der Waals surface area contributed by atoms with Crippen LogP contribution in [0.25, 0.3) is 10.9 Å². The molecule has 29 heavy (non-hydrogen) atoms. The van der Waals surface area contributed by atoms with Crippen LogP contribution in [0.2, 0.25) is 5.02 Å². The molecule has 0 amide bonds. The summed E-state index contributed by atoms with van der Waals surface area (Å²) in [7, 11) is 0. The number of ether oxygens (including phenoxy) is 2. The average Bonchev–Trinajstić information content (AvgIpc) is 2.72. The SMILES string of the molecule is CCc1cc2ccc(C(C)(C#N)Cc3cc(Cl)cc4c3OCOC4)cc2[nH]c1=O. The fourth-order valence-electron chi connectivity index (χ4n) is 3.83. The zero-order chi connectivity index (χ0) is 20.6. The minimum atomic E-state index is -0.825. The number of rotatable bonds is 4. The van der Waals surface area contributed by atoms with Crippen molar-refractivity contribution in [1.82, 2.24) is 4.98 Å². The first kappa shape index (κ1) is 19.5. The van der Waals surface area contributed by atoms with E-state index in [-0.39, 0.29) is 12.4 Å². The molecule has 0 fully saturated rings. The van der Waals surface area contributed by atoms with Gasteiger partial charge in [0.25, 0.3) is 5.56 Å². The topological polar surface area (TPSA) is 75.1 Å². The molecule has 4 rings (SSSR count). The lowest BCUT2D eigenvalue weighted by molar-refractivity contribution is -0.0171. The van der Waals surface area contributed by atoms with Crippen molar-refractivity contribution >= 4 is 22.5 Å². The van der Waals surface area contributed by atoms with Crippen molar-refractivity contribution in [1.29, 1.82) is 5.26 Å². The number of nitrogens with one attached hydrogen (secondary N) is 1. The Morgan fingerprint density at radius 1 is 1.24 bits per heavy atom. The summed E-state index contributed by atoms with van der Waals surface area (Å²) in [6.45, 7) is 4.46. The number of fused-ring (bicyclic) bond motifs is 2. The fourth-order valence-corrected chi connectivity index (χ4v) is 4.09. The Morgan fingerprint density at radius 3 is 2.83 bits per heavy atom. The Balaban J connectivity index is 1.78. The van der Waals surface area contributed by atoms with Gasteiger partial charge in [0.15, 0.2) is 6.79 Å². The smallest absolute Gasteiger partial charge is 0.251 e. The highest BCUT2D eigenvalue weighted by Gasteiger charge is 2.30. The first-order valence-electron chi connectivity index (χ1n) is 9.53. The molecule has 6 heteroatoms. The van der Waals surface area contributed by atoms with E-state index in [1.54, 1.807) is 0 Å². The molecule has 1 aliphatic rings. The fraction of sp³-hybridized carbons (Fsp3) is 0.304. The lowest BCUT2D eigenvalue weighted by Gasteiger charge is -2.27. The van der Waals surface area contributed by atoms with E-state index < -0.39 is 5.41 Å². The molecule has 1 aromatic heterocycles. The van der Waals surface area contributed by atoms with E-state index in [9.17, 15) is 10.1 Å². The molecule has 1 unspecified atom stereocenters. The summed E-state index contributed by atoms with van der Waals surface area (Å²) in [4.78, 5) is 15.2. The van der Waals surface area contributed by atoms with Gasteiger partial charge in [-0.15, -0.1) is 0 Å². The molecule has 148 valence electrons. The van der Waals surface area contributed by atoms with Gasteiger partial charge in [-0.1, -0.05) is 30.7 Å². The summed E-state index contributed by atoms with van der Waals surface area (Å²) in [5, 5.41) is 11.6. The number of H-pyrrole nitrogens is 1. The number of halogens is 1. The summed E-state index contributed by atoms with van der Waals surface area (Å²) in [5.74, 6) is 0.740. The molecule has 0 spiro atoms. The normalized spacial score (nSPS) is 15.2. The Labute approximate surface area is 173 Å². The Morgan fingerprint density at radius 2 is 2.07 bits per heavy atom. The van der Waals surface area contributed by atoms with Crippen LogP contribution >= 0.6 is 11.6 Å². The molecule has 5 nitrogen and oxygen atoms in total. The average molecular weight is 409 g/mol. The second kappa shape index (κ2) is 7.55. The number of pyridine rings is 1. The second-order valence-electron chi connectivity index (χ2n) is 7.56. The van der Waals surface area contributed by atoms with Gasteiger partial charge in [-0.25, -0.2) is 0 Å². The minimum absolute atomic E-state index is 0.0897. The molecule has 1 atom stereocenters. The van der Waals surface area contributed by atoms with Crippen molar-refractivity contribution in [3.05, 3.63) is 74.0 Å². The summed E-state index contributed by atoms with van der Waals surface area (Å²) in [5.41, 5.74) is 3.14. The van der Waals surface area contributed by atoms with Crippen LogP contribution < -0.4 is 10.3 Å². The summed E-state index contributed by atoms with van der Waals surface area (Å²) in [6, 6.07) is 13.8. The molecule has 0 saturated carbocycles. The van der Waals surface area contributed by atoms with Gasteiger partial charge in [-0.3, -0.25) is 4.79 Å². The van der Waals surface area contributed by atoms with Crippen LogP contribution in [0.15, 0.2) is 41.2 Å². The first-order valence-corrected chi connectivity index (χ1v) is 9.91. The number of aromatic amines is 1. The van der Waals surface area contributed by atoms with E-state index in [2.05, 4.69) is 11.1 Å². The van der Waals surface area contributed by atoms with Gasteiger partial charge in [0.2, 0.25) is 0 Å². The molecule has 0 aliphatic carbocycles. The number of benzene rings is 2. The van der Waals surface area contributed by atoms with Crippen molar-refractivity contribution in [3.8, 4) is 11.8 Å². The maximum Gasteiger partial charge on any atom is 0.251 e. The zero-order valence-corrected chi connectivity index (χ0v) is 17.1. The van der Waals surface area contributed by atoms with Crippen LogP contribution in [0.4, 0.5) is 0 Å². The number of nitrogens with zero attached hydrogens (tertiary/aromatic N) is 1. The molecule has 0 radical (unpaired) electrons. The monoisotopic (exact) mass is 408 g/mol. The molecule has 0 saturated heterocycles. The van der Waals surface area contributed by atoms with Gasteiger partial charge >= 0.3 is 0 Å². The Hall–Kier alpha value is -2.81. The van der Waals surface area contributed by atoms with Gasteiger partial charge in [-0.2, -0.15) is 5.26 Å². The van der Waals surface area contributed by atoms with Crippen molar-refractivity contribution in [2.45, 2.75) is 38.7 Å². The van der Waals surface area contributed by atoms with E-state index in [4.69, 9.17) is 21.1 Å². The Bertz CT molecular complexity index is 1200. The molecule has 1 aliphatic heterocycles. The third kappa shape index (κ3) is 3.62. The highest BCUT2D eigenvalue weighted by molar-refractivity contribution is 6.30. The van der Waals surface area contributed by atoms with Gasteiger partial charge in [-0.05, 0) is 60.5 Å². The predicted octanol–water partition coefficient (Wildman–Crippen LogP) is 4.63. The molecule has 3 aromatic rings. The van der Waals surface area contributed by atoms with Gasteiger partial charge in [0, 0.05) is 21.7 Å². The van der Waals surface area contributed by atoms with E-state index >= 15 is 0 Å². The van der Waals surface area contributed by atoms with Crippen molar-refractivity contribution < 1.29 is 9.47 Å². The van der Waals surface area contributed by atoms with Gasteiger partial charge in [0.05, 0.1) is 18.1 Å². The van der Waals surface area contributed by atoms with E-state index in [1.807, 2.05) is 50.2 Å². The van der Waals surface area contributed by atoms with E-state index in [0.717, 1.165) is 38.9 Å². The first-order chi connectivity index (χ1) is 13.9. The largest absolute Gasteiger partial charge is 0.467 e. The highest BCUT2D eigenvalue weighted by atomic mass is 35.5. The van der Waals surface area contributed by atoms with Crippen molar-refractivity contribution in [3.63, 3.8) is 0 Å². The molecular formula is C23H21ClN2O3. The standard InChI is InChI=1S/C23H21ClN2O3/c1-3-14-6-15-4-5-18(9-20(15)26-22(14)27)23(2,12-25)10-16-7-19(24)8-17-11-28-13-29-21(16)17/h4-9H,3,10-11,13H2,1-2H3,(H,26,27). The number of hydrogen-bond acceptors (Lipinski definition) is 4. The van der Waals surface area contributed by atoms with Crippen LogP contribution in [-0.2, 0) is 29.6 Å². The predicted molar refractivity (Wildman–Crippen MR) is 112 cm³/mol. The number of aromatic nitrogens is 1. The third-order valence-electron chi connectivity index (χ3n) is 5.48. The second-order valence-corrected chi connectivity index (χ2v) is 8.00. The number of aryl methyl sites for hydroxylation is 1. The number of nitriles is 1. The summed E-state index contributed by atoms with van der Waals surface area (Å²) >= 11 is 6.29. The minimum Gasteiger partial charge on any atom is -0.467 e. The molecule has 2 heterocycles. The van der Waals surface area contributed by atoms with Gasteiger partial charge in [0.1, 0.15) is 5.75 Å². The summed E-state index contributed by atoms with van der Waals surface area (Å²) < 4.78 is 11.1. The van der Waals surface area contributed by atoms with Gasteiger partial charge < -0.3 is 14.5 Å². The van der Waals surface area contributed by atoms with Crippen LogP contribution in [0, 0.1) is 11.3 Å². The summed E-state index contributed by atoms with van der Waals surface area (Å²) in [6.07, 6.45) is 1.10. The van der Waals surface area contributed by atoms with E-state index in [1.165, 1.54) is 0 Å². The third-order valence-corrected chi connectivity index (χ3v) is 5.70. The van der Waals surface area contributed by atoms with E-state index in [0.29, 0.717) is 24.5 Å². The quantitative estimate of drug-likeness (QED) is 0.682. The van der Waals surface area contributed by atoms with Crippen LogP contribution in [0.5, 0.6) is 5.75 Å². The lowest BCUT2D eigenvalue weighted by Crippen LogP contribution is -2.24. The van der Waals surface area contributed by atoms with Crippen molar-refractivity contribution in [2.75, 3.05) is 6.79 Å². The zero-order valence-electron chi connectivity index (χ0n) is 16.3. The molecule has 1 N–H and O–H groups in total. The van der Waals surface area contributed by atoms with Crippen LogP contribution in [-0.4, -0.2) is 11.8 Å². The molecule has 2 aromatic carbocycles. The Kier molecular flexibility index (Phi) is 5.08.